The highest BCUT2D eigenvalue weighted by atomic mass is 35.5. The Morgan fingerprint density at radius 3 is 2.46 bits per heavy atom. The van der Waals surface area contributed by atoms with E-state index >= 15 is 0 Å². The van der Waals surface area contributed by atoms with Crippen molar-refractivity contribution < 1.29 is 22.7 Å². The number of carbonyl (C=O) groups is 2. The molecule has 0 unspecified atom stereocenters. The van der Waals surface area contributed by atoms with Gasteiger partial charge in [-0.2, -0.15) is 0 Å². The molecule has 0 spiro atoms. The molecule has 0 bridgehead atoms. The minimum atomic E-state index is -3.50. The predicted octanol–water partition coefficient (Wildman–Crippen LogP) is 3.14. The summed E-state index contributed by atoms with van der Waals surface area (Å²) in [5.41, 5.74) is 0.706. The van der Waals surface area contributed by atoms with Crippen LogP contribution in [-0.4, -0.2) is 33.2 Å². The number of esters is 1. The van der Waals surface area contributed by atoms with Crippen LogP contribution in [0.2, 0.25) is 5.02 Å². The lowest BCUT2D eigenvalue weighted by molar-refractivity contribution is 0.0527. The van der Waals surface area contributed by atoms with Gasteiger partial charge in [0.05, 0.1) is 34.7 Å². The quantitative estimate of drug-likeness (QED) is 0.730. The molecule has 138 valence electrons. The molecule has 2 aromatic rings. The monoisotopic (exact) mass is 396 g/mol. The van der Waals surface area contributed by atoms with E-state index in [4.69, 9.17) is 16.3 Å². The first kappa shape index (κ1) is 19.7. The molecule has 0 aliphatic heterocycles. The molecule has 26 heavy (non-hydrogen) atoms. The largest absolute Gasteiger partial charge is 0.462 e. The molecule has 7 nitrogen and oxygen atoms in total. The first-order chi connectivity index (χ1) is 12.2. The van der Waals surface area contributed by atoms with E-state index in [9.17, 15) is 18.0 Å². The van der Waals surface area contributed by atoms with Gasteiger partial charge in [0.1, 0.15) is 0 Å². The van der Waals surface area contributed by atoms with Gasteiger partial charge in [-0.25, -0.2) is 13.2 Å². The zero-order valence-corrected chi connectivity index (χ0v) is 15.6. The summed E-state index contributed by atoms with van der Waals surface area (Å²) in [4.78, 5) is 24.5. The van der Waals surface area contributed by atoms with Gasteiger partial charge in [0, 0.05) is 5.69 Å². The molecule has 0 radical (unpaired) electrons. The van der Waals surface area contributed by atoms with E-state index < -0.39 is 21.9 Å². The number of carbonyl (C=O) groups excluding carboxylic acids is 2. The van der Waals surface area contributed by atoms with Crippen molar-refractivity contribution in [3.8, 4) is 0 Å². The highest BCUT2D eigenvalue weighted by molar-refractivity contribution is 7.92. The summed E-state index contributed by atoms with van der Waals surface area (Å²) in [5.74, 6) is -1.16. The van der Waals surface area contributed by atoms with Crippen LogP contribution in [0.4, 0.5) is 11.4 Å². The maximum Gasteiger partial charge on any atom is 0.340 e. The summed E-state index contributed by atoms with van der Waals surface area (Å²) >= 11 is 6.05. The van der Waals surface area contributed by atoms with E-state index in [1.54, 1.807) is 25.1 Å². The van der Waals surface area contributed by atoms with E-state index in [2.05, 4.69) is 10.0 Å². The minimum Gasteiger partial charge on any atom is -0.462 e. The number of rotatable bonds is 6. The molecule has 0 saturated carbocycles. The second-order valence-electron chi connectivity index (χ2n) is 5.29. The van der Waals surface area contributed by atoms with Crippen LogP contribution in [0, 0.1) is 0 Å². The fourth-order valence-corrected chi connectivity index (χ4v) is 2.90. The highest BCUT2D eigenvalue weighted by Crippen LogP contribution is 2.24. The van der Waals surface area contributed by atoms with Gasteiger partial charge >= 0.3 is 5.97 Å². The molecule has 0 atom stereocenters. The third-order valence-electron chi connectivity index (χ3n) is 3.18. The molecule has 0 aliphatic rings. The van der Waals surface area contributed by atoms with Crippen LogP contribution in [0.1, 0.15) is 27.6 Å². The van der Waals surface area contributed by atoms with Gasteiger partial charge in [0.15, 0.2) is 0 Å². The van der Waals surface area contributed by atoms with Crippen molar-refractivity contribution in [3.63, 3.8) is 0 Å². The SMILES string of the molecule is CCOC(=O)c1ccccc1NC(=O)c1cc(NS(C)(=O)=O)ccc1Cl. The van der Waals surface area contributed by atoms with Crippen molar-refractivity contribution in [3.05, 3.63) is 58.6 Å². The summed E-state index contributed by atoms with van der Waals surface area (Å²) in [6.45, 7) is 1.88. The van der Waals surface area contributed by atoms with Crippen molar-refractivity contribution in [2.45, 2.75) is 6.92 Å². The maximum absolute atomic E-state index is 12.6. The number of ether oxygens (including phenoxy) is 1. The Kier molecular flexibility index (Phi) is 6.23. The van der Waals surface area contributed by atoms with Crippen molar-refractivity contribution in [2.75, 3.05) is 22.9 Å². The van der Waals surface area contributed by atoms with Crippen LogP contribution in [0.5, 0.6) is 0 Å². The summed E-state index contributed by atoms with van der Waals surface area (Å²) in [5, 5.41) is 2.73. The molecule has 0 fully saturated rings. The average Bonchev–Trinajstić information content (AvgIpc) is 2.56. The number of amides is 1. The van der Waals surface area contributed by atoms with E-state index in [1.807, 2.05) is 0 Å². The lowest BCUT2D eigenvalue weighted by Crippen LogP contribution is -2.17. The van der Waals surface area contributed by atoms with E-state index in [-0.39, 0.29) is 34.1 Å². The molecule has 1 amide bonds. The van der Waals surface area contributed by atoms with E-state index in [0.29, 0.717) is 0 Å². The highest BCUT2D eigenvalue weighted by Gasteiger charge is 2.17. The average molecular weight is 397 g/mol. The van der Waals surface area contributed by atoms with Crippen LogP contribution in [-0.2, 0) is 14.8 Å². The summed E-state index contributed by atoms with van der Waals surface area (Å²) < 4.78 is 29.9. The van der Waals surface area contributed by atoms with Gasteiger partial charge in [-0.1, -0.05) is 23.7 Å². The fourth-order valence-electron chi connectivity index (χ4n) is 2.15. The van der Waals surface area contributed by atoms with Gasteiger partial charge < -0.3 is 10.1 Å². The molecule has 2 N–H and O–H groups in total. The lowest BCUT2D eigenvalue weighted by atomic mass is 10.1. The van der Waals surface area contributed by atoms with Crippen LogP contribution in [0.3, 0.4) is 0 Å². The Balaban J connectivity index is 2.31. The van der Waals surface area contributed by atoms with Gasteiger partial charge in [-0.15, -0.1) is 0 Å². The molecule has 0 saturated heterocycles. The summed E-state index contributed by atoms with van der Waals surface area (Å²) in [6.07, 6.45) is 0.997. The first-order valence-corrected chi connectivity index (χ1v) is 9.83. The third-order valence-corrected chi connectivity index (χ3v) is 4.12. The van der Waals surface area contributed by atoms with Gasteiger partial charge in [-0.05, 0) is 37.3 Å². The first-order valence-electron chi connectivity index (χ1n) is 7.56. The van der Waals surface area contributed by atoms with Crippen molar-refractivity contribution in [1.82, 2.24) is 0 Å². The Morgan fingerprint density at radius 1 is 1.12 bits per heavy atom. The normalized spacial score (nSPS) is 10.9. The van der Waals surface area contributed by atoms with Gasteiger partial charge in [-0.3, -0.25) is 9.52 Å². The molecular formula is C17H17ClN2O5S. The Bertz CT molecular complexity index is 944. The zero-order chi connectivity index (χ0) is 19.3. The Labute approximate surface area is 156 Å². The molecule has 2 rings (SSSR count). The molecular weight excluding hydrogens is 380 g/mol. The molecule has 0 aromatic heterocycles. The third kappa shape index (κ3) is 5.21. The van der Waals surface area contributed by atoms with Crippen LogP contribution in [0.15, 0.2) is 42.5 Å². The number of sulfonamides is 1. The van der Waals surface area contributed by atoms with E-state index in [1.165, 1.54) is 24.3 Å². The molecule has 0 aliphatic carbocycles. The van der Waals surface area contributed by atoms with Crippen LogP contribution < -0.4 is 10.0 Å². The lowest BCUT2D eigenvalue weighted by Gasteiger charge is -2.12. The Morgan fingerprint density at radius 2 is 1.81 bits per heavy atom. The number of benzene rings is 2. The van der Waals surface area contributed by atoms with Crippen molar-refractivity contribution in [2.24, 2.45) is 0 Å². The summed E-state index contributed by atoms with van der Waals surface area (Å²) in [7, 11) is -3.50. The standard InChI is InChI=1S/C17H17ClN2O5S/c1-3-25-17(22)12-6-4-5-7-15(12)19-16(21)13-10-11(8-9-14(13)18)20-26(2,23)24/h4-10,20H,3H2,1-2H3,(H,19,21). The number of hydrogen-bond donors (Lipinski definition) is 2. The van der Waals surface area contributed by atoms with E-state index in [0.717, 1.165) is 6.26 Å². The number of nitrogens with one attached hydrogen (secondary N) is 2. The maximum atomic E-state index is 12.6. The number of para-hydroxylation sites is 1. The minimum absolute atomic E-state index is 0.0546. The number of hydrogen-bond acceptors (Lipinski definition) is 5. The van der Waals surface area contributed by atoms with Gasteiger partial charge in [0.25, 0.3) is 5.91 Å². The zero-order valence-electron chi connectivity index (χ0n) is 14.1. The topological polar surface area (TPSA) is 102 Å². The fraction of sp³-hybridized carbons (Fsp3) is 0.176. The van der Waals surface area contributed by atoms with Crippen molar-refractivity contribution >= 4 is 44.9 Å². The molecule has 0 heterocycles. The smallest absolute Gasteiger partial charge is 0.340 e. The number of halogens is 1. The molecule has 9 heteroatoms. The predicted molar refractivity (Wildman–Crippen MR) is 100 cm³/mol. The van der Waals surface area contributed by atoms with Crippen LogP contribution in [0.25, 0.3) is 0 Å². The number of anilines is 2. The second kappa shape index (κ2) is 8.20. The molecule has 2 aromatic carbocycles. The van der Waals surface area contributed by atoms with Crippen LogP contribution >= 0.6 is 11.6 Å². The van der Waals surface area contributed by atoms with Crippen molar-refractivity contribution in [1.29, 1.82) is 0 Å². The van der Waals surface area contributed by atoms with Gasteiger partial charge in [0.2, 0.25) is 10.0 Å². The summed E-state index contributed by atoms with van der Waals surface area (Å²) in [6, 6.07) is 10.5. The second-order valence-corrected chi connectivity index (χ2v) is 7.44. The Hall–Kier alpha value is -2.58.